The maximum Gasteiger partial charge on any atom is 0.367 e. The van der Waals surface area contributed by atoms with Gasteiger partial charge < -0.3 is 4.84 Å². The fourth-order valence-corrected chi connectivity index (χ4v) is 2.34. The maximum atomic E-state index is 12.4. The Balaban J connectivity index is 1.81. The third-order valence-electron chi connectivity index (χ3n) is 3.57. The number of rotatable bonds is 4. The zero-order valence-electron chi connectivity index (χ0n) is 12.4. The van der Waals surface area contributed by atoms with Crippen molar-refractivity contribution in [3.63, 3.8) is 0 Å². The average Bonchev–Trinajstić information content (AvgIpc) is 3.01. The fourth-order valence-electron chi connectivity index (χ4n) is 2.34. The highest BCUT2D eigenvalue weighted by atomic mass is 19.3. The summed E-state index contributed by atoms with van der Waals surface area (Å²) in [6, 6.07) is 6.03. The molecule has 0 bridgehead atoms. The summed E-state index contributed by atoms with van der Waals surface area (Å²) < 4.78 is 25.8. The number of benzene rings is 1. The number of halogens is 2. The van der Waals surface area contributed by atoms with E-state index < -0.39 is 30.8 Å². The van der Waals surface area contributed by atoms with Crippen LogP contribution in [-0.2, 0) is 11.4 Å². The maximum absolute atomic E-state index is 12.4. The third kappa shape index (κ3) is 2.53. The Morgan fingerprint density at radius 3 is 2.33 bits per heavy atom. The molecule has 0 radical (unpaired) electrons. The number of hydroxylamine groups is 2. The predicted octanol–water partition coefficient (Wildman–Crippen LogP) is 1.82. The summed E-state index contributed by atoms with van der Waals surface area (Å²) in [6.07, 6.45) is -1.58. The normalized spacial score (nSPS) is 13.6. The SMILES string of the molecule is Cc1c(C(=O)ON2C(=O)c3ccccc3C2=O)cnn1CC(F)F. The molecule has 24 heavy (non-hydrogen) atoms. The van der Waals surface area contributed by atoms with Gasteiger partial charge in [0.2, 0.25) is 0 Å². The Labute approximate surface area is 134 Å². The van der Waals surface area contributed by atoms with E-state index in [1.807, 2.05) is 0 Å². The van der Waals surface area contributed by atoms with Crippen molar-refractivity contribution in [1.29, 1.82) is 0 Å². The summed E-state index contributed by atoms with van der Waals surface area (Å²) in [4.78, 5) is 41.2. The molecule has 0 N–H and O–H groups in total. The van der Waals surface area contributed by atoms with Gasteiger partial charge in [-0.3, -0.25) is 14.3 Å². The summed E-state index contributed by atoms with van der Waals surface area (Å²) in [5.74, 6) is -2.55. The molecule has 0 aliphatic carbocycles. The summed E-state index contributed by atoms with van der Waals surface area (Å²) in [5.41, 5.74) is 0.296. The minimum Gasteiger partial charge on any atom is -0.324 e. The first-order valence-electron chi connectivity index (χ1n) is 6.91. The van der Waals surface area contributed by atoms with Crippen LogP contribution < -0.4 is 0 Å². The van der Waals surface area contributed by atoms with E-state index in [1.165, 1.54) is 19.1 Å². The molecule has 0 fully saturated rings. The van der Waals surface area contributed by atoms with Crippen LogP contribution in [0.2, 0.25) is 0 Å². The first-order chi connectivity index (χ1) is 11.4. The van der Waals surface area contributed by atoms with Gasteiger partial charge >= 0.3 is 5.97 Å². The lowest BCUT2D eigenvalue weighted by Crippen LogP contribution is -2.32. The van der Waals surface area contributed by atoms with Crippen molar-refractivity contribution in [2.24, 2.45) is 0 Å². The molecular weight excluding hydrogens is 324 g/mol. The number of imide groups is 1. The van der Waals surface area contributed by atoms with Gasteiger partial charge in [0.05, 0.1) is 23.0 Å². The fraction of sp³-hybridized carbons (Fsp3) is 0.200. The van der Waals surface area contributed by atoms with Gasteiger partial charge in [0, 0.05) is 0 Å². The van der Waals surface area contributed by atoms with Gasteiger partial charge in [-0.1, -0.05) is 17.2 Å². The molecule has 0 saturated carbocycles. The summed E-state index contributed by atoms with van der Waals surface area (Å²) in [6.45, 7) is 0.737. The Kier molecular flexibility index (Phi) is 3.84. The molecule has 9 heteroatoms. The molecule has 7 nitrogen and oxygen atoms in total. The molecule has 0 saturated heterocycles. The number of alkyl halides is 2. The summed E-state index contributed by atoms with van der Waals surface area (Å²) in [5, 5.41) is 4.03. The van der Waals surface area contributed by atoms with Crippen LogP contribution in [0.25, 0.3) is 0 Å². The molecular formula is C15H11F2N3O4. The van der Waals surface area contributed by atoms with E-state index in [9.17, 15) is 23.2 Å². The zero-order chi connectivity index (χ0) is 17.4. The van der Waals surface area contributed by atoms with Crippen LogP contribution >= 0.6 is 0 Å². The monoisotopic (exact) mass is 335 g/mol. The lowest BCUT2D eigenvalue weighted by Gasteiger charge is -2.12. The molecule has 1 aromatic carbocycles. The van der Waals surface area contributed by atoms with Crippen molar-refractivity contribution in [2.45, 2.75) is 19.9 Å². The van der Waals surface area contributed by atoms with Crippen LogP contribution in [0, 0.1) is 6.92 Å². The van der Waals surface area contributed by atoms with Gasteiger partial charge in [-0.25, -0.2) is 13.6 Å². The standard InChI is InChI=1S/C15H11F2N3O4/c1-8-11(6-18-19(8)7-12(16)17)15(23)24-20-13(21)9-4-2-3-5-10(9)14(20)22/h2-6,12H,7H2,1H3. The van der Waals surface area contributed by atoms with Gasteiger partial charge in [0.1, 0.15) is 12.1 Å². The molecule has 2 amide bonds. The third-order valence-corrected chi connectivity index (χ3v) is 3.57. The van der Waals surface area contributed by atoms with E-state index in [4.69, 9.17) is 4.84 Å². The van der Waals surface area contributed by atoms with Crippen LogP contribution in [0.4, 0.5) is 8.78 Å². The molecule has 2 aromatic rings. The quantitative estimate of drug-likeness (QED) is 0.796. The topological polar surface area (TPSA) is 81.5 Å². The van der Waals surface area contributed by atoms with Gasteiger partial charge in [-0.05, 0) is 19.1 Å². The highest BCUT2D eigenvalue weighted by molar-refractivity contribution is 6.21. The number of aromatic nitrogens is 2. The molecule has 124 valence electrons. The Morgan fingerprint density at radius 2 is 1.79 bits per heavy atom. The van der Waals surface area contributed by atoms with E-state index in [2.05, 4.69) is 5.10 Å². The molecule has 2 heterocycles. The van der Waals surface area contributed by atoms with E-state index in [-0.39, 0.29) is 22.4 Å². The highest BCUT2D eigenvalue weighted by Gasteiger charge is 2.39. The average molecular weight is 335 g/mol. The molecule has 1 aliphatic heterocycles. The van der Waals surface area contributed by atoms with E-state index in [0.29, 0.717) is 5.06 Å². The smallest absolute Gasteiger partial charge is 0.324 e. The summed E-state index contributed by atoms with van der Waals surface area (Å²) >= 11 is 0. The van der Waals surface area contributed by atoms with E-state index in [0.717, 1.165) is 10.9 Å². The van der Waals surface area contributed by atoms with Crippen molar-refractivity contribution in [3.8, 4) is 0 Å². The van der Waals surface area contributed by atoms with Crippen molar-refractivity contribution in [2.75, 3.05) is 0 Å². The Hall–Kier alpha value is -3.10. The van der Waals surface area contributed by atoms with Gasteiger partial charge in [0.15, 0.2) is 0 Å². The Morgan fingerprint density at radius 1 is 1.21 bits per heavy atom. The molecule has 0 atom stereocenters. The minimum atomic E-state index is -2.64. The molecule has 0 unspecified atom stereocenters. The van der Waals surface area contributed by atoms with Crippen LogP contribution in [0.15, 0.2) is 30.5 Å². The number of nitrogens with zero attached hydrogens (tertiary/aromatic N) is 3. The number of hydrogen-bond donors (Lipinski definition) is 0. The van der Waals surface area contributed by atoms with Crippen molar-refractivity contribution in [3.05, 3.63) is 52.8 Å². The van der Waals surface area contributed by atoms with Gasteiger partial charge in [-0.15, -0.1) is 0 Å². The minimum absolute atomic E-state index is 0.104. The highest BCUT2D eigenvalue weighted by Crippen LogP contribution is 2.23. The van der Waals surface area contributed by atoms with Crippen molar-refractivity contribution < 1.29 is 28.0 Å². The second-order valence-electron chi connectivity index (χ2n) is 5.05. The predicted molar refractivity (Wildman–Crippen MR) is 75.3 cm³/mol. The van der Waals surface area contributed by atoms with Crippen molar-refractivity contribution >= 4 is 17.8 Å². The van der Waals surface area contributed by atoms with Crippen LogP contribution in [0.3, 0.4) is 0 Å². The molecule has 0 spiro atoms. The van der Waals surface area contributed by atoms with Crippen LogP contribution in [-0.4, -0.2) is 39.1 Å². The molecule has 3 rings (SSSR count). The first kappa shape index (κ1) is 15.8. The van der Waals surface area contributed by atoms with Crippen LogP contribution in [0.5, 0.6) is 0 Å². The van der Waals surface area contributed by atoms with E-state index in [1.54, 1.807) is 12.1 Å². The largest absolute Gasteiger partial charge is 0.367 e. The molecule has 1 aromatic heterocycles. The first-order valence-corrected chi connectivity index (χ1v) is 6.91. The van der Waals surface area contributed by atoms with Gasteiger partial charge in [0.25, 0.3) is 18.2 Å². The van der Waals surface area contributed by atoms with Crippen LogP contribution in [0.1, 0.15) is 36.8 Å². The second kappa shape index (κ2) is 5.84. The zero-order valence-corrected chi connectivity index (χ0v) is 12.4. The number of fused-ring (bicyclic) bond motifs is 1. The Bertz CT molecular complexity index is 812. The molecule has 1 aliphatic rings. The number of carbonyl (C=O) groups excluding carboxylic acids is 3. The number of carbonyl (C=O) groups is 3. The van der Waals surface area contributed by atoms with E-state index >= 15 is 0 Å². The lowest BCUT2D eigenvalue weighted by molar-refractivity contribution is -0.0585. The number of amides is 2. The lowest BCUT2D eigenvalue weighted by atomic mass is 10.1. The number of hydrogen-bond acceptors (Lipinski definition) is 5. The summed E-state index contributed by atoms with van der Waals surface area (Å²) in [7, 11) is 0. The second-order valence-corrected chi connectivity index (χ2v) is 5.05. The van der Waals surface area contributed by atoms with Crippen molar-refractivity contribution in [1.82, 2.24) is 14.8 Å². The van der Waals surface area contributed by atoms with Gasteiger partial charge in [-0.2, -0.15) is 5.10 Å².